The zero-order valence-electron chi connectivity index (χ0n) is 14.6. The molecule has 25 heavy (non-hydrogen) atoms. The summed E-state index contributed by atoms with van der Waals surface area (Å²) in [5.41, 5.74) is 0.720. The number of ether oxygens (including phenoxy) is 1. The number of imidazole rings is 1. The van der Waals surface area contributed by atoms with Gasteiger partial charge in [0.1, 0.15) is 0 Å². The number of para-hydroxylation sites is 1. The van der Waals surface area contributed by atoms with E-state index in [0.717, 1.165) is 18.7 Å². The van der Waals surface area contributed by atoms with Gasteiger partial charge < -0.3 is 19.5 Å². The molecular formula is C18H24N4O3. The van der Waals surface area contributed by atoms with Gasteiger partial charge in [-0.2, -0.15) is 0 Å². The molecule has 0 aliphatic heterocycles. The van der Waals surface area contributed by atoms with E-state index >= 15 is 0 Å². The van der Waals surface area contributed by atoms with Crippen molar-refractivity contribution in [3.63, 3.8) is 0 Å². The minimum absolute atomic E-state index is 0.229. The lowest BCUT2D eigenvalue weighted by atomic mass is 10.1. The van der Waals surface area contributed by atoms with Crippen LogP contribution in [0.2, 0.25) is 0 Å². The molecular weight excluding hydrogens is 320 g/mol. The number of aromatic nitrogens is 2. The Morgan fingerprint density at radius 3 is 2.72 bits per heavy atom. The second-order valence-corrected chi connectivity index (χ2v) is 5.82. The van der Waals surface area contributed by atoms with Crippen LogP contribution in [-0.2, 0) is 16.1 Å². The summed E-state index contributed by atoms with van der Waals surface area (Å²) in [6.07, 6.45) is 6.10. The van der Waals surface area contributed by atoms with E-state index in [2.05, 4.69) is 10.3 Å². The molecule has 7 nitrogen and oxygen atoms in total. The van der Waals surface area contributed by atoms with Crippen molar-refractivity contribution < 1.29 is 14.3 Å². The number of methoxy groups -OCH3 is 1. The van der Waals surface area contributed by atoms with Gasteiger partial charge in [-0.25, -0.2) is 9.78 Å². The number of aryl methyl sites for hydroxylation is 1. The summed E-state index contributed by atoms with van der Waals surface area (Å²) in [6.45, 7) is 3.33. The number of hydrogen-bond acceptors (Lipinski definition) is 4. The number of esters is 1. The Morgan fingerprint density at radius 2 is 2.08 bits per heavy atom. The molecule has 0 spiro atoms. The van der Waals surface area contributed by atoms with Crippen molar-refractivity contribution in [2.75, 3.05) is 25.5 Å². The first-order valence-corrected chi connectivity index (χ1v) is 8.24. The van der Waals surface area contributed by atoms with Crippen LogP contribution in [0.1, 0.15) is 13.3 Å². The minimum atomic E-state index is -0.389. The number of anilines is 1. The fraction of sp³-hybridized carbons (Fsp3) is 0.389. The number of amides is 2. The Hall–Kier alpha value is -2.83. The maximum atomic E-state index is 12.6. The second kappa shape index (κ2) is 9.46. The molecule has 7 heteroatoms. The smallest absolute Gasteiger partial charge is 0.321 e. The molecule has 1 atom stereocenters. The molecule has 2 aromatic rings. The molecule has 1 unspecified atom stereocenters. The van der Waals surface area contributed by atoms with Crippen LogP contribution in [0.15, 0.2) is 49.1 Å². The molecule has 1 heterocycles. The molecule has 1 aromatic carbocycles. The van der Waals surface area contributed by atoms with Crippen molar-refractivity contribution in [1.82, 2.24) is 14.5 Å². The molecule has 0 bridgehead atoms. The van der Waals surface area contributed by atoms with Crippen LogP contribution in [-0.4, -0.2) is 46.7 Å². The van der Waals surface area contributed by atoms with Crippen molar-refractivity contribution in [3.05, 3.63) is 49.1 Å². The maximum absolute atomic E-state index is 12.6. The summed E-state index contributed by atoms with van der Waals surface area (Å²) in [4.78, 5) is 29.9. The van der Waals surface area contributed by atoms with Gasteiger partial charge in [0.2, 0.25) is 0 Å². The largest absolute Gasteiger partial charge is 0.469 e. The van der Waals surface area contributed by atoms with Gasteiger partial charge in [0.05, 0.1) is 19.4 Å². The highest BCUT2D eigenvalue weighted by molar-refractivity contribution is 5.89. The van der Waals surface area contributed by atoms with Gasteiger partial charge in [-0.1, -0.05) is 25.1 Å². The lowest BCUT2D eigenvalue weighted by Crippen LogP contribution is -2.40. The molecule has 134 valence electrons. The predicted molar refractivity (Wildman–Crippen MR) is 95.1 cm³/mol. The molecule has 0 radical (unpaired) electrons. The van der Waals surface area contributed by atoms with Crippen LogP contribution in [0, 0.1) is 5.92 Å². The molecule has 2 amide bonds. The number of urea groups is 1. The van der Waals surface area contributed by atoms with Crippen LogP contribution in [0.5, 0.6) is 0 Å². The molecule has 0 aliphatic rings. The summed E-state index contributed by atoms with van der Waals surface area (Å²) in [5, 5.41) is 2.86. The monoisotopic (exact) mass is 344 g/mol. The Bertz CT molecular complexity index is 658. The SMILES string of the molecule is COC(=O)C(C)CN(CCCn1ccnc1)C(=O)Nc1ccccc1. The van der Waals surface area contributed by atoms with Crippen LogP contribution in [0.3, 0.4) is 0 Å². The molecule has 1 aromatic heterocycles. The highest BCUT2D eigenvalue weighted by Gasteiger charge is 2.21. The summed E-state index contributed by atoms with van der Waals surface area (Å²) >= 11 is 0. The third-order valence-electron chi connectivity index (χ3n) is 3.81. The maximum Gasteiger partial charge on any atom is 0.321 e. The van der Waals surface area contributed by atoms with E-state index in [1.807, 2.05) is 41.1 Å². The lowest BCUT2D eigenvalue weighted by molar-refractivity contribution is -0.145. The topological polar surface area (TPSA) is 76.5 Å². The number of nitrogens with one attached hydrogen (secondary N) is 1. The van der Waals surface area contributed by atoms with Crippen molar-refractivity contribution in [1.29, 1.82) is 0 Å². The number of hydrogen-bond donors (Lipinski definition) is 1. The third-order valence-corrected chi connectivity index (χ3v) is 3.81. The first-order chi connectivity index (χ1) is 12.1. The summed E-state index contributed by atoms with van der Waals surface area (Å²) < 4.78 is 6.72. The molecule has 2 rings (SSSR count). The lowest BCUT2D eigenvalue weighted by Gasteiger charge is -2.25. The summed E-state index contributed by atoms with van der Waals surface area (Å²) in [7, 11) is 1.35. The van der Waals surface area contributed by atoms with E-state index < -0.39 is 0 Å². The fourth-order valence-corrected chi connectivity index (χ4v) is 2.47. The average Bonchev–Trinajstić information content (AvgIpc) is 3.14. The van der Waals surface area contributed by atoms with Crippen LogP contribution < -0.4 is 5.32 Å². The Morgan fingerprint density at radius 1 is 1.32 bits per heavy atom. The van der Waals surface area contributed by atoms with E-state index in [1.165, 1.54) is 7.11 Å². The standard InChI is InChI=1S/C18H24N4O3/c1-15(17(23)25-2)13-22(11-6-10-21-12-9-19-14-21)18(24)20-16-7-4-3-5-8-16/h3-5,7-9,12,14-15H,6,10-11,13H2,1-2H3,(H,20,24). The van der Waals surface area contributed by atoms with Gasteiger partial charge >= 0.3 is 12.0 Å². The van der Waals surface area contributed by atoms with Gasteiger partial charge in [0.15, 0.2) is 0 Å². The van der Waals surface area contributed by atoms with E-state index in [0.29, 0.717) is 13.1 Å². The average molecular weight is 344 g/mol. The molecule has 1 N–H and O–H groups in total. The van der Waals surface area contributed by atoms with Crippen molar-refractivity contribution >= 4 is 17.7 Å². The second-order valence-electron chi connectivity index (χ2n) is 5.82. The Kier molecular flexibility index (Phi) is 7.00. The van der Waals surface area contributed by atoms with Gasteiger partial charge in [0.25, 0.3) is 0 Å². The van der Waals surface area contributed by atoms with E-state index in [4.69, 9.17) is 4.74 Å². The molecule has 0 saturated heterocycles. The van der Waals surface area contributed by atoms with Crippen molar-refractivity contribution in [2.24, 2.45) is 5.92 Å². The summed E-state index contributed by atoms with van der Waals surface area (Å²) in [6, 6.07) is 9.02. The highest BCUT2D eigenvalue weighted by Crippen LogP contribution is 2.10. The highest BCUT2D eigenvalue weighted by atomic mass is 16.5. The van der Waals surface area contributed by atoms with Crippen LogP contribution >= 0.6 is 0 Å². The fourth-order valence-electron chi connectivity index (χ4n) is 2.47. The first-order valence-electron chi connectivity index (χ1n) is 8.24. The van der Waals surface area contributed by atoms with Crippen molar-refractivity contribution in [3.8, 4) is 0 Å². The third kappa shape index (κ3) is 5.95. The van der Waals surface area contributed by atoms with E-state index in [9.17, 15) is 9.59 Å². The molecule has 0 saturated carbocycles. The number of carbonyl (C=O) groups excluding carboxylic acids is 2. The van der Waals surface area contributed by atoms with Gasteiger partial charge in [-0.05, 0) is 18.6 Å². The summed E-state index contributed by atoms with van der Waals surface area (Å²) in [5.74, 6) is -0.716. The van der Waals surface area contributed by atoms with Crippen LogP contribution in [0.25, 0.3) is 0 Å². The Labute approximate surface area is 147 Å². The number of nitrogens with zero attached hydrogens (tertiary/aromatic N) is 3. The molecule has 0 aliphatic carbocycles. The molecule has 0 fully saturated rings. The van der Waals surface area contributed by atoms with E-state index in [-0.39, 0.29) is 17.9 Å². The van der Waals surface area contributed by atoms with Gasteiger partial charge in [0, 0.05) is 37.7 Å². The van der Waals surface area contributed by atoms with E-state index in [1.54, 1.807) is 24.3 Å². The zero-order valence-corrected chi connectivity index (χ0v) is 14.6. The number of carbonyl (C=O) groups is 2. The first kappa shape index (κ1) is 18.5. The zero-order chi connectivity index (χ0) is 18.1. The normalized spacial score (nSPS) is 11.6. The van der Waals surface area contributed by atoms with Crippen LogP contribution in [0.4, 0.5) is 10.5 Å². The van der Waals surface area contributed by atoms with Gasteiger partial charge in [-0.15, -0.1) is 0 Å². The number of benzene rings is 1. The quantitative estimate of drug-likeness (QED) is 0.747. The Balaban J connectivity index is 1.96. The number of rotatable bonds is 8. The van der Waals surface area contributed by atoms with Gasteiger partial charge in [-0.3, -0.25) is 4.79 Å². The van der Waals surface area contributed by atoms with Crippen molar-refractivity contribution in [2.45, 2.75) is 19.9 Å². The minimum Gasteiger partial charge on any atom is -0.469 e. The predicted octanol–water partition coefficient (Wildman–Crippen LogP) is 2.62.